The maximum absolute atomic E-state index is 13.4. The second kappa shape index (κ2) is 9.23. The molecule has 2 aromatic carbocycles. The summed E-state index contributed by atoms with van der Waals surface area (Å²) in [5, 5.41) is 12.2. The molecule has 0 radical (unpaired) electrons. The van der Waals surface area contributed by atoms with Crippen molar-refractivity contribution in [2.45, 2.75) is 33.2 Å². The number of nitrogens with zero attached hydrogens (tertiary/aromatic N) is 4. The molecule has 0 aliphatic heterocycles. The maximum Gasteiger partial charge on any atom is 0.293 e. The van der Waals surface area contributed by atoms with Gasteiger partial charge in [-0.05, 0) is 49.2 Å². The van der Waals surface area contributed by atoms with Crippen LogP contribution in [0.1, 0.15) is 32.4 Å². The fraction of sp³-hybridized carbons (Fsp3) is 0.250. The molecule has 4 aromatic rings. The van der Waals surface area contributed by atoms with Gasteiger partial charge in [0.25, 0.3) is 5.56 Å². The van der Waals surface area contributed by atoms with Gasteiger partial charge in [-0.15, -0.1) is 0 Å². The highest BCUT2D eigenvalue weighted by Gasteiger charge is 2.20. The molecule has 33 heavy (non-hydrogen) atoms. The first-order chi connectivity index (χ1) is 15.9. The molecule has 1 N–H and O–H groups in total. The molecule has 0 saturated carbocycles. The first-order valence-electron chi connectivity index (χ1n) is 10.7. The first-order valence-corrected chi connectivity index (χ1v) is 10.7. The Labute approximate surface area is 189 Å². The summed E-state index contributed by atoms with van der Waals surface area (Å²) < 4.78 is 21.5. The van der Waals surface area contributed by atoms with Gasteiger partial charge in [0.1, 0.15) is 23.6 Å². The van der Waals surface area contributed by atoms with Crippen LogP contribution < -0.4 is 15.6 Å². The van der Waals surface area contributed by atoms with Gasteiger partial charge in [-0.25, -0.2) is 13.8 Å². The Morgan fingerprint density at radius 3 is 2.58 bits per heavy atom. The zero-order valence-electron chi connectivity index (χ0n) is 18.6. The SMILES string of the molecule is CCOc1ccccc1NC(=O)Cn1nc(C(C)C)c2cnn(-c3ccc(F)cc3)c2c1=O. The Balaban J connectivity index is 1.74. The largest absolute Gasteiger partial charge is 0.492 e. The number of anilines is 1. The van der Waals surface area contributed by atoms with Crippen molar-refractivity contribution in [1.29, 1.82) is 0 Å². The summed E-state index contributed by atoms with van der Waals surface area (Å²) in [6.07, 6.45) is 1.57. The van der Waals surface area contributed by atoms with E-state index in [0.717, 1.165) is 4.68 Å². The van der Waals surface area contributed by atoms with Gasteiger partial charge in [0.15, 0.2) is 0 Å². The molecule has 1 amide bonds. The van der Waals surface area contributed by atoms with Crippen LogP contribution >= 0.6 is 0 Å². The van der Waals surface area contributed by atoms with Crippen LogP contribution in [0.25, 0.3) is 16.6 Å². The predicted octanol–water partition coefficient (Wildman–Crippen LogP) is 3.88. The van der Waals surface area contributed by atoms with Crippen LogP contribution in [-0.4, -0.2) is 32.1 Å². The van der Waals surface area contributed by atoms with Gasteiger partial charge in [-0.2, -0.15) is 10.2 Å². The van der Waals surface area contributed by atoms with Crippen LogP contribution in [0.3, 0.4) is 0 Å². The number of benzene rings is 2. The lowest BCUT2D eigenvalue weighted by molar-refractivity contribution is -0.117. The number of ether oxygens (including phenoxy) is 1. The fourth-order valence-electron chi connectivity index (χ4n) is 3.58. The van der Waals surface area contributed by atoms with Gasteiger partial charge in [-0.1, -0.05) is 26.0 Å². The predicted molar refractivity (Wildman–Crippen MR) is 123 cm³/mol. The molecule has 4 rings (SSSR count). The van der Waals surface area contributed by atoms with Crippen molar-refractivity contribution >= 4 is 22.5 Å². The third-order valence-corrected chi connectivity index (χ3v) is 5.08. The van der Waals surface area contributed by atoms with E-state index in [1.54, 1.807) is 36.5 Å². The number of halogens is 1. The second-order valence-electron chi connectivity index (χ2n) is 7.78. The van der Waals surface area contributed by atoms with Gasteiger partial charge < -0.3 is 10.1 Å². The van der Waals surface area contributed by atoms with Gasteiger partial charge in [0.05, 0.1) is 29.9 Å². The van der Waals surface area contributed by atoms with E-state index in [1.165, 1.54) is 16.8 Å². The molecular formula is C24H24FN5O3. The number of fused-ring (bicyclic) bond motifs is 1. The zero-order valence-corrected chi connectivity index (χ0v) is 18.6. The van der Waals surface area contributed by atoms with E-state index in [-0.39, 0.29) is 23.8 Å². The van der Waals surface area contributed by atoms with E-state index in [4.69, 9.17) is 4.74 Å². The van der Waals surface area contributed by atoms with Gasteiger partial charge in [0.2, 0.25) is 5.91 Å². The molecule has 0 unspecified atom stereocenters. The van der Waals surface area contributed by atoms with Crippen molar-refractivity contribution in [3.8, 4) is 11.4 Å². The quantitative estimate of drug-likeness (QED) is 0.462. The first kappa shape index (κ1) is 22.2. The zero-order chi connectivity index (χ0) is 23.5. The maximum atomic E-state index is 13.4. The third-order valence-electron chi connectivity index (χ3n) is 5.08. The summed E-state index contributed by atoms with van der Waals surface area (Å²) in [5.41, 5.74) is 1.50. The van der Waals surface area contributed by atoms with E-state index in [1.807, 2.05) is 26.8 Å². The van der Waals surface area contributed by atoms with Crippen molar-refractivity contribution in [2.24, 2.45) is 0 Å². The molecular weight excluding hydrogens is 425 g/mol. The average molecular weight is 449 g/mol. The Morgan fingerprint density at radius 1 is 1.15 bits per heavy atom. The minimum absolute atomic E-state index is 0.0213. The second-order valence-corrected chi connectivity index (χ2v) is 7.78. The Hall–Kier alpha value is -4.01. The molecule has 170 valence electrons. The normalized spacial score (nSPS) is 11.2. The van der Waals surface area contributed by atoms with Crippen LogP contribution in [0.2, 0.25) is 0 Å². The average Bonchev–Trinajstić information content (AvgIpc) is 3.23. The lowest BCUT2D eigenvalue weighted by Gasteiger charge is -2.14. The van der Waals surface area contributed by atoms with E-state index in [0.29, 0.717) is 34.8 Å². The lowest BCUT2D eigenvalue weighted by Crippen LogP contribution is -2.31. The van der Waals surface area contributed by atoms with Gasteiger partial charge in [-0.3, -0.25) is 9.59 Å². The molecule has 0 atom stereocenters. The van der Waals surface area contributed by atoms with Crippen molar-refractivity contribution in [2.75, 3.05) is 11.9 Å². The van der Waals surface area contributed by atoms with Gasteiger partial charge >= 0.3 is 0 Å². The van der Waals surface area contributed by atoms with Crippen molar-refractivity contribution in [1.82, 2.24) is 19.6 Å². The fourth-order valence-corrected chi connectivity index (χ4v) is 3.58. The van der Waals surface area contributed by atoms with Crippen molar-refractivity contribution < 1.29 is 13.9 Å². The standard InChI is InChI=1S/C24H24FN5O3/c1-4-33-20-8-6-5-7-19(20)27-21(31)14-29-24(32)23-18(22(28-29)15(2)3)13-26-30(23)17-11-9-16(25)10-12-17/h5-13,15H,4,14H2,1-3H3,(H,27,31). The highest BCUT2D eigenvalue weighted by Crippen LogP contribution is 2.25. The Kier molecular flexibility index (Phi) is 6.21. The number of nitrogens with one attached hydrogen (secondary N) is 1. The van der Waals surface area contributed by atoms with Crippen LogP contribution in [-0.2, 0) is 11.3 Å². The number of rotatable bonds is 7. The molecule has 9 heteroatoms. The highest BCUT2D eigenvalue weighted by atomic mass is 19.1. The smallest absolute Gasteiger partial charge is 0.293 e. The molecule has 0 bridgehead atoms. The van der Waals surface area contributed by atoms with Gasteiger partial charge in [0, 0.05) is 5.39 Å². The molecule has 2 heterocycles. The van der Waals surface area contributed by atoms with Crippen LogP contribution in [0, 0.1) is 5.82 Å². The number of hydrogen-bond acceptors (Lipinski definition) is 5. The number of hydrogen-bond donors (Lipinski definition) is 1. The number of carbonyl (C=O) groups excluding carboxylic acids is 1. The number of amides is 1. The molecule has 0 spiro atoms. The van der Waals surface area contributed by atoms with E-state index < -0.39 is 11.5 Å². The summed E-state index contributed by atoms with van der Waals surface area (Å²) in [6.45, 7) is 5.92. The van der Waals surface area contributed by atoms with E-state index in [2.05, 4.69) is 15.5 Å². The summed E-state index contributed by atoms with van der Waals surface area (Å²) in [4.78, 5) is 26.2. The molecule has 2 aromatic heterocycles. The number of aromatic nitrogens is 4. The molecule has 0 aliphatic carbocycles. The summed E-state index contributed by atoms with van der Waals surface area (Å²) >= 11 is 0. The summed E-state index contributed by atoms with van der Waals surface area (Å²) in [7, 11) is 0. The van der Waals surface area contributed by atoms with Crippen LogP contribution in [0.4, 0.5) is 10.1 Å². The Bertz CT molecular complexity index is 1360. The van der Waals surface area contributed by atoms with E-state index >= 15 is 0 Å². The molecule has 0 fully saturated rings. The molecule has 0 aliphatic rings. The summed E-state index contributed by atoms with van der Waals surface area (Å²) in [6, 6.07) is 12.8. The van der Waals surface area contributed by atoms with E-state index in [9.17, 15) is 14.0 Å². The minimum atomic E-state index is -0.468. The van der Waals surface area contributed by atoms with Crippen molar-refractivity contribution in [3.05, 3.63) is 76.6 Å². The number of para-hydroxylation sites is 2. The topological polar surface area (TPSA) is 91.0 Å². The van der Waals surface area contributed by atoms with Crippen molar-refractivity contribution in [3.63, 3.8) is 0 Å². The van der Waals surface area contributed by atoms with Crippen LogP contribution in [0.15, 0.2) is 59.5 Å². The third kappa shape index (κ3) is 4.48. The monoisotopic (exact) mass is 449 g/mol. The Morgan fingerprint density at radius 2 is 1.88 bits per heavy atom. The minimum Gasteiger partial charge on any atom is -0.492 e. The summed E-state index contributed by atoms with van der Waals surface area (Å²) in [5.74, 6) is -0.284. The lowest BCUT2D eigenvalue weighted by atomic mass is 10.1. The number of carbonyl (C=O) groups is 1. The molecule has 0 saturated heterocycles. The molecule has 8 nitrogen and oxygen atoms in total. The van der Waals surface area contributed by atoms with Crippen LogP contribution in [0.5, 0.6) is 5.75 Å². The highest BCUT2D eigenvalue weighted by molar-refractivity contribution is 5.92.